The lowest BCUT2D eigenvalue weighted by Crippen LogP contribution is -1.99. The highest BCUT2D eigenvalue weighted by Gasteiger charge is 2.24. The lowest BCUT2D eigenvalue weighted by Gasteiger charge is -2.10. The van der Waals surface area contributed by atoms with E-state index in [9.17, 15) is 9.90 Å². The van der Waals surface area contributed by atoms with Crippen molar-refractivity contribution >= 4 is 17.1 Å². The summed E-state index contributed by atoms with van der Waals surface area (Å²) in [4.78, 5) is 16.0. The van der Waals surface area contributed by atoms with E-state index >= 15 is 0 Å². The van der Waals surface area contributed by atoms with Crippen molar-refractivity contribution in [2.45, 2.75) is 46.0 Å². The second kappa shape index (κ2) is 8.74. The Kier molecular flexibility index (Phi) is 5.63. The molecule has 33 heavy (non-hydrogen) atoms. The Bertz CT molecular complexity index is 1320. The topological polar surface area (TPSA) is 72.6 Å². The first-order chi connectivity index (χ1) is 16.0. The number of carboxylic acid groups (broad SMARTS) is 1. The summed E-state index contributed by atoms with van der Waals surface area (Å²) in [6, 6.07) is 17.9. The summed E-state index contributed by atoms with van der Waals surface area (Å²) in [6.45, 7) is 3.95. The first-order valence-corrected chi connectivity index (χ1v) is 11.5. The number of hydrogen-bond donors (Lipinski definition) is 1. The SMILES string of the molecule is CCCc1ccc(-c2cc3nc(Oc4ccc(C)c(C(=O)O)c4)oc3cc2CC2CC2)cc1. The van der Waals surface area contributed by atoms with Gasteiger partial charge in [-0.25, -0.2) is 4.79 Å². The molecule has 1 N–H and O–H groups in total. The van der Waals surface area contributed by atoms with Crippen molar-refractivity contribution in [3.63, 3.8) is 0 Å². The minimum absolute atomic E-state index is 0.109. The van der Waals surface area contributed by atoms with Gasteiger partial charge in [0.15, 0.2) is 5.58 Å². The third-order valence-electron chi connectivity index (χ3n) is 6.25. The number of ether oxygens (including phenoxy) is 1. The van der Waals surface area contributed by atoms with E-state index in [-0.39, 0.29) is 11.6 Å². The fourth-order valence-electron chi connectivity index (χ4n) is 4.24. The summed E-state index contributed by atoms with van der Waals surface area (Å²) in [6.07, 6.45) is 5.90. The molecule has 3 aromatic carbocycles. The van der Waals surface area contributed by atoms with Gasteiger partial charge >= 0.3 is 12.0 Å². The van der Waals surface area contributed by atoms with Gasteiger partial charge in [-0.1, -0.05) is 43.7 Å². The number of rotatable bonds is 8. The summed E-state index contributed by atoms with van der Waals surface area (Å²) in [7, 11) is 0. The van der Waals surface area contributed by atoms with Gasteiger partial charge in [-0.3, -0.25) is 0 Å². The van der Waals surface area contributed by atoms with E-state index in [0.717, 1.165) is 30.7 Å². The summed E-state index contributed by atoms with van der Waals surface area (Å²) in [5, 5.41) is 9.37. The van der Waals surface area contributed by atoms with Crippen LogP contribution in [0.25, 0.3) is 22.2 Å². The van der Waals surface area contributed by atoms with E-state index in [0.29, 0.717) is 16.9 Å². The predicted octanol–water partition coefficient (Wildman–Crippen LogP) is 7.20. The molecule has 5 heteroatoms. The molecular weight excluding hydrogens is 414 g/mol. The maximum Gasteiger partial charge on any atom is 0.400 e. The molecule has 1 fully saturated rings. The maximum atomic E-state index is 11.4. The van der Waals surface area contributed by atoms with Crippen molar-refractivity contribution in [2.75, 3.05) is 0 Å². The van der Waals surface area contributed by atoms with Gasteiger partial charge in [0.25, 0.3) is 0 Å². The van der Waals surface area contributed by atoms with Crippen LogP contribution in [-0.2, 0) is 12.8 Å². The maximum absolute atomic E-state index is 11.4. The van der Waals surface area contributed by atoms with Crippen molar-refractivity contribution in [3.05, 3.63) is 76.9 Å². The van der Waals surface area contributed by atoms with Crippen LogP contribution in [0.2, 0.25) is 0 Å². The fourth-order valence-corrected chi connectivity index (χ4v) is 4.24. The van der Waals surface area contributed by atoms with Gasteiger partial charge in [0.1, 0.15) is 11.3 Å². The van der Waals surface area contributed by atoms with Crippen molar-refractivity contribution < 1.29 is 19.1 Å². The molecule has 0 unspecified atom stereocenters. The molecule has 1 aliphatic rings. The molecule has 0 aliphatic heterocycles. The average molecular weight is 442 g/mol. The Labute approximate surface area is 193 Å². The number of aryl methyl sites for hydroxylation is 2. The molecule has 0 radical (unpaired) electrons. The van der Waals surface area contributed by atoms with Gasteiger partial charge in [0, 0.05) is 0 Å². The third-order valence-corrected chi connectivity index (χ3v) is 6.25. The molecule has 1 aromatic heterocycles. The monoisotopic (exact) mass is 441 g/mol. The molecule has 1 aliphatic carbocycles. The Morgan fingerprint density at radius 1 is 1.12 bits per heavy atom. The fraction of sp³-hybridized carbons (Fsp3) is 0.286. The molecule has 0 bridgehead atoms. The standard InChI is InChI=1S/C28H27NO4/c1-3-4-18-8-10-20(11-9-18)24-16-25-26(14-21(24)13-19-6-7-19)33-28(29-25)32-22-12-5-17(2)23(15-22)27(30)31/h5,8-12,14-16,19H,3-4,6-7,13H2,1-2H3,(H,30,31). The number of hydrogen-bond acceptors (Lipinski definition) is 4. The van der Waals surface area contributed by atoms with Crippen LogP contribution in [0.3, 0.4) is 0 Å². The Hall–Kier alpha value is -3.60. The highest BCUT2D eigenvalue weighted by molar-refractivity contribution is 5.89. The van der Waals surface area contributed by atoms with Crippen LogP contribution in [0, 0.1) is 12.8 Å². The van der Waals surface area contributed by atoms with Gasteiger partial charge in [-0.2, -0.15) is 4.98 Å². The first kappa shape index (κ1) is 21.3. The lowest BCUT2D eigenvalue weighted by atomic mass is 9.94. The zero-order chi connectivity index (χ0) is 22.9. The van der Waals surface area contributed by atoms with Crippen LogP contribution < -0.4 is 4.74 Å². The molecule has 1 heterocycles. The smallest absolute Gasteiger partial charge is 0.400 e. The second-order valence-corrected chi connectivity index (χ2v) is 8.94. The van der Waals surface area contributed by atoms with Gasteiger partial charge in [-0.15, -0.1) is 0 Å². The summed E-state index contributed by atoms with van der Waals surface area (Å²) in [5.74, 6) is 0.130. The third kappa shape index (κ3) is 4.63. The number of carboxylic acids is 1. The zero-order valence-corrected chi connectivity index (χ0v) is 18.9. The van der Waals surface area contributed by atoms with Crippen molar-refractivity contribution in [3.8, 4) is 23.0 Å². The van der Waals surface area contributed by atoms with Gasteiger partial charge in [0.2, 0.25) is 0 Å². The zero-order valence-electron chi connectivity index (χ0n) is 18.9. The van der Waals surface area contributed by atoms with E-state index in [1.54, 1.807) is 19.1 Å². The molecule has 0 spiro atoms. The molecule has 0 saturated heterocycles. The molecule has 5 rings (SSSR count). The normalized spacial score (nSPS) is 13.4. The lowest BCUT2D eigenvalue weighted by molar-refractivity contribution is 0.0695. The van der Waals surface area contributed by atoms with E-state index in [1.165, 1.54) is 41.2 Å². The summed E-state index contributed by atoms with van der Waals surface area (Å²) < 4.78 is 11.7. The molecule has 5 nitrogen and oxygen atoms in total. The minimum Gasteiger partial charge on any atom is -0.478 e. The highest BCUT2D eigenvalue weighted by Crippen LogP contribution is 2.38. The predicted molar refractivity (Wildman–Crippen MR) is 128 cm³/mol. The molecule has 4 aromatic rings. The van der Waals surface area contributed by atoms with Crippen LogP contribution in [-0.4, -0.2) is 16.1 Å². The van der Waals surface area contributed by atoms with Gasteiger partial charge in [-0.05, 0) is 90.6 Å². The van der Waals surface area contributed by atoms with Crippen LogP contribution in [0.1, 0.15) is 53.2 Å². The van der Waals surface area contributed by atoms with Crippen molar-refractivity contribution in [2.24, 2.45) is 5.92 Å². The molecular formula is C28H27NO4. The van der Waals surface area contributed by atoms with E-state index in [2.05, 4.69) is 48.3 Å². The average Bonchev–Trinajstić information content (AvgIpc) is 3.53. The van der Waals surface area contributed by atoms with Gasteiger partial charge in [0.05, 0.1) is 5.56 Å². The number of aromatic carboxylic acids is 1. The molecule has 0 atom stereocenters. The number of nitrogens with zero attached hydrogens (tertiary/aromatic N) is 1. The minimum atomic E-state index is -0.991. The first-order valence-electron chi connectivity index (χ1n) is 11.5. The summed E-state index contributed by atoms with van der Waals surface area (Å²) >= 11 is 0. The summed E-state index contributed by atoms with van der Waals surface area (Å²) in [5.41, 5.74) is 7.25. The second-order valence-electron chi connectivity index (χ2n) is 8.94. The Morgan fingerprint density at radius 2 is 1.91 bits per heavy atom. The van der Waals surface area contributed by atoms with Crippen LogP contribution in [0.5, 0.6) is 11.8 Å². The number of carbonyl (C=O) groups is 1. The van der Waals surface area contributed by atoms with Crippen LogP contribution in [0.4, 0.5) is 0 Å². The molecule has 0 amide bonds. The van der Waals surface area contributed by atoms with Crippen LogP contribution in [0.15, 0.2) is 59.0 Å². The number of fused-ring (bicyclic) bond motifs is 1. The van der Waals surface area contributed by atoms with Crippen LogP contribution >= 0.6 is 0 Å². The van der Waals surface area contributed by atoms with Crippen molar-refractivity contribution in [1.29, 1.82) is 0 Å². The number of benzene rings is 3. The number of aromatic nitrogens is 1. The van der Waals surface area contributed by atoms with E-state index in [4.69, 9.17) is 9.15 Å². The molecule has 168 valence electrons. The Morgan fingerprint density at radius 3 is 2.61 bits per heavy atom. The van der Waals surface area contributed by atoms with E-state index < -0.39 is 5.97 Å². The molecule has 1 saturated carbocycles. The number of oxazole rings is 1. The van der Waals surface area contributed by atoms with E-state index in [1.807, 2.05) is 0 Å². The highest BCUT2D eigenvalue weighted by atomic mass is 16.6. The van der Waals surface area contributed by atoms with Gasteiger partial charge < -0.3 is 14.3 Å². The van der Waals surface area contributed by atoms with Crippen molar-refractivity contribution in [1.82, 2.24) is 4.98 Å². The largest absolute Gasteiger partial charge is 0.478 e. The Balaban J connectivity index is 1.50. The quantitative estimate of drug-likeness (QED) is 0.313.